The fraction of sp³-hybridized carbons (Fsp3) is 0.538. The summed E-state index contributed by atoms with van der Waals surface area (Å²) in [6.07, 6.45) is 0.808. The molecule has 0 aliphatic heterocycles. The maximum absolute atomic E-state index is 12.0. The Bertz CT molecular complexity index is 421. The molecule has 2 atom stereocenters. The number of aliphatic hydroxyl groups excluding tert-OH is 1. The van der Waals surface area contributed by atoms with Crippen LogP contribution in [0.4, 0.5) is 0 Å². The third-order valence-corrected chi connectivity index (χ3v) is 2.74. The smallest absolute Gasteiger partial charge is 0.251 e. The fourth-order valence-corrected chi connectivity index (χ4v) is 1.97. The van der Waals surface area contributed by atoms with Crippen LogP contribution in [0.15, 0.2) is 12.1 Å². The molecule has 0 aliphatic carbocycles. The van der Waals surface area contributed by atoms with Crippen LogP contribution in [0.5, 0.6) is 0 Å². The van der Waals surface area contributed by atoms with Crippen LogP contribution >= 0.6 is 11.6 Å². The number of rotatable bonds is 5. The minimum absolute atomic E-state index is 0.0884. The molecule has 0 fully saturated rings. The summed E-state index contributed by atoms with van der Waals surface area (Å²) in [6, 6.07) is 3.19. The maximum Gasteiger partial charge on any atom is 0.251 e. The van der Waals surface area contributed by atoms with Gasteiger partial charge in [0.25, 0.3) is 5.91 Å². The van der Waals surface area contributed by atoms with Crippen molar-refractivity contribution in [2.75, 3.05) is 0 Å². The molecule has 1 amide bonds. The highest BCUT2D eigenvalue weighted by Gasteiger charge is 2.13. The molecular formula is C13H19ClN2O2. The van der Waals surface area contributed by atoms with Gasteiger partial charge in [-0.3, -0.25) is 4.79 Å². The predicted molar refractivity (Wildman–Crippen MR) is 71.9 cm³/mol. The van der Waals surface area contributed by atoms with Gasteiger partial charge in [0.2, 0.25) is 0 Å². The van der Waals surface area contributed by atoms with Crippen LogP contribution in [0.2, 0.25) is 5.15 Å². The Hall–Kier alpha value is -1.13. The Balaban J connectivity index is 2.74. The van der Waals surface area contributed by atoms with Gasteiger partial charge in [-0.2, -0.15) is 0 Å². The van der Waals surface area contributed by atoms with Crippen LogP contribution < -0.4 is 5.32 Å². The average Bonchev–Trinajstić information content (AvgIpc) is 2.26. The summed E-state index contributed by atoms with van der Waals surface area (Å²) in [4.78, 5) is 16.1. The number of hydrogen-bond acceptors (Lipinski definition) is 3. The first kappa shape index (κ1) is 14.9. The van der Waals surface area contributed by atoms with Gasteiger partial charge in [-0.25, -0.2) is 4.98 Å². The van der Waals surface area contributed by atoms with Crippen LogP contribution in [0.25, 0.3) is 0 Å². The van der Waals surface area contributed by atoms with E-state index in [1.54, 1.807) is 19.1 Å². The second kappa shape index (κ2) is 6.71. The minimum atomic E-state index is -0.437. The number of carbonyl (C=O) groups excluding carboxylic acids is 1. The number of pyridine rings is 1. The van der Waals surface area contributed by atoms with Crippen molar-refractivity contribution in [1.82, 2.24) is 10.3 Å². The van der Waals surface area contributed by atoms with Gasteiger partial charge in [0.1, 0.15) is 5.15 Å². The highest BCUT2D eigenvalue weighted by atomic mass is 35.5. The summed E-state index contributed by atoms with van der Waals surface area (Å²) in [5.41, 5.74) is 1.29. The molecule has 100 valence electrons. The van der Waals surface area contributed by atoms with Crippen molar-refractivity contribution in [2.24, 2.45) is 0 Å². The zero-order valence-corrected chi connectivity index (χ0v) is 11.7. The van der Waals surface area contributed by atoms with E-state index in [0.29, 0.717) is 17.1 Å². The number of aryl methyl sites for hydroxylation is 1. The molecule has 0 bridgehead atoms. The third kappa shape index (κ3) is 4.63. The normalized spacial score (nSPS) is 14.1. The molecule has 1 heterocycles. The summed E-state index contributed by atoms with van der Waals surface area (Å²) in [5.74, 6) is -0.192. The van der Waals surface area contributed by atoms with Crippen molar-refractivity contribution in [2.45, 2.75) is 45.8 Å². The van der Waals surface area contributed by atoms with Crippen LogP contribution in [0, 0.1) is 0 Å². The highest BCUT2D eigenvalue weighted by Crippen LogP contribution is 2.12. The van der Waals surface area contributed by atoms with Gasteiger partial charge >= 0.3 is 0 Å². The van der Waals surface area contributed by atoms with E-state index >= 15 is 0 Å². The molecule has 0 saturated carbocycles. The van der Waals surface area contributed by atoms with Gasteiger partial charge in [0, 0.05) is 17.3 Å². The predicted octanol–water partition coefficient (Wildman–Crippen LogP) is 2.19. The van der Waals surface area contributed by atoms with Crippen molar-refractivity contribution in [3.63, 3.8) is 0 Å². The number of nitrogens with one attached hydrogen (secondary N) is 1. The SMILES string of the molecule is CCc1cc(C(=O)NC(C)CC(C)O)cc(Cl)n1. The second-order valence-electron chi connectivity index (χ2n) is 4.48. The van der Waals surface area contributed by atoms with Gasteiger partial charge in [0.15, 0.2) is 0 Å². The Labute approximate surface area is 112 Å². The largest absolute Gasteiger partial charge is 0.393 e. The quantitative estimate of drug-likeness (QED) is 0.806. The molecule has 0 aliphatic rings. The van der Waals surface area contributed by atoms with E-state index in [4.69, 9.17) is 11.6 Å². The van der Waals surface area contributed by atoms with Gasteiger partial charge in [-0.1, -0.05) is 18.5 Å². The maximum atomic E-state index is 12.0. The van der Waals surface area contributed by atoms with E-state index in [1.165, 1.54) is 0 Å². The van der Waals surface area contributed by atoms with Crippen molar-refractivity contribution < 1.29 is 9.90 Å². The number of aromatic nitrogens is 1. The Kier molecular flexibility index (Phi) is 5.56. The fourth-order valence-electron chi connectivity index (χ4n) is 1.74. The summed E-state index contributed by atoms with van der Waals surface area (Å²) in [6.45, 7) is 5.51. The Morgan fingerprint density at radius 3 is 2.72 bits per heavy atom. The lowest BCUT2D eigenvalue weighted by Gasteiger charge is -2.15. The summed E-state index contributed by atoms with van der Waals surface area (Å²) < 4.78 is 0. The summed E-state index contributed by atoms with van der Waals surface area (Å²) in [5, 5.41) is 12.4. The molecule has 2 N–H and O–H groups in total. The number of nitrogens with zero attached hydrogens (tertiary/aromatic N) is 1. The molecule has 0 aromatic carbocycles. The Morgan fingerprint density at radius 2 is 2.17 bits per heavy atom. The van der Waals surface area contributed by atoms with E-state index < -0.39 is 6.10 Å². The zero-order valence-electron chi connectivity index (χ0n) is 10.9. The van der Waals surface area contributed by atoms with E-state index in [-0.39, 0.29) is 11.9 Å². The van der Waals surface area contributed by atoms with Gasteiger partial charge in [-0.05, 0) is 38.8 Å². The van der Waals surface area contributed by atoms with E-state index in [1.807, 2.05) is 13.8 Å². The van der Waals surface area contributed by atoms with Crippen molar-refractivity contribution in [3.05, 3.63) is 28.5 Å². The summed E-state index contributed by atoms with van der Waals surface area (Å²) >= 11 is 5.86. The minimum Gasteiger partial charge on any atom is -0.393 e. The first-order valence-electron chi connectivity index (χ1n) is 6.07. The van der Waals surface area contributed by atoms with Crippen LogP contribution in [0.3, 0.4) is 0 Å². The number of halogens is 1. The molecule has 1 aromatic rings. The molecule has 1 rings (SSSR count). The Morgan fingerprint density at radius 1 is 1.50 bits per heavy atom. The molecule has 4 nitrogen and oxygen atoms in total. The lowest BCUT2D eigenvalue weighted by molar-refractivity contribution is 0.0923. The van der Waals surface area contributed by atoms with E-state index in [9.17, 15) is 9.90 Å². The first-order valence-corrected chi connectivity index (χ1v) is 6.45. The summed E-state index contributed by atoms with van der Waals surface area (Å²) in [7, 11) is 0. The molecule has 2 unspecified atom stereocenters. The lowest BCUT2D eigenvalue weighted by Crippen LogP contribution is -2.34. The molecule has 0 spiro atoms. The number of aliphatic hydroxyl groups is 1. The van der Waals surface area contributed by atoms with Gasteiger partial charge in [0.05, 0.1) is 6.10 Å². The van der Waals surface area contributed by atoms with Gasteiger partial charge < -0.3 is 10.4 Å². The van der Waals surface area contributed by atoms with Crippen LogP contribution in [-0.4, -0.2) is 28.1 Å². The second-order valence-corrected chi connectivity index (χ2v) is 4.87. The number of amides is 1. The molecular weight excluding hydrogens is 252 g/mol. The van der Waals surface area contributed by atoms with E-state index in [0.717, 1.165) is 12.1 Å². The molecule has 0 radical (unpaired) electrons. The third-order valence-electron chi connectivity index (χ3n) is 2.54. The van der Waals surface area contributed by atoms with Crippen molar-refractivity contribution in [3.8, 4) is 0 Å². The molecule has 5 heteroatoms. The number of carbonyl (C=O) groups is 1. The van der Waals surface area contributed by atoms with Crippen LogP contribution in [0.1, 0.15) is 43.2 Å². The lowest BCUT2D eigenvalue weighted by atomic mass is 10.1. The van der Waals surface area contributed by atoms with Crippen LogP contribution in [-0.2, 0) is 6.42 Å². The van der Waals surface area contributed by atoms with Gasteiger partial charge in [-0.15, -0.1) is 0 Å². The van der Waals surface area contributed by atoms with Crippen molar-refractivity contribution in [1.29, 1.82) is 0 Å². The zero-order chi connectivity index (χ0) is 13.7. The standard InChI is InChI=1S/C13H19ClN2O2/c1-4-11-6-10(7-12(14)16-11)13(18)15-8(2)5-9(3)17/h6-9,17H,4-5H2,1-3H3,(H,15,18). The molecule has 18 heavy (non-hydrogen) atoms. The molecule has 1 aromatic heterocycles. The van der Waals surface area contributed by atoms with E-state index in [2.05, 4.69) is 10.3 Å². The average molecular weight is 271 g/mol. The van der Waals surface area contributed by atoms with Crippen molar-refractivity contribution >= 4 is 17.5 Å². The molecule has 0 saturated heterocycles. The number of hydrogen-bond donors (Lipinski definition) is 2. The topological polar surface area (TPSA) is 62.2 Å². The highest BCUT2D eigenvalue weighted by molar-refractivity contribution is 6.29. The monoisotopic (exact) mass is 270 g/mol. The first-order chi connectivity index (χ1) is 8.42.